The van der Waals surface area contributed by atoms with E-state index in [2.05, 4.69) is 39.1 Å². The number of nitrogens with zero attached hydrogens (tertiary/aromatic N) is 3. The van der Waals surface area contributed by atoms with Crippen LogP contribution in [0, 0.1) is 0 Å². The van der Waals surface area contributed by atoms with Gasteiger partial charge in [-0.15, -0.1) is 0 Å². The van der Waals surface area contributed by atoms with E-state index in [0.29, 0.717) is 12.2 Å². The summed E-state index contributed by atoms with van der Waals surface area (Å²) in [6.07, 6.45) is 4.51. The fourth-order valence-electron chi connectivity index (χ4n) is 3.74. The zero-order valence-corrected chi connectivity index (χ0v) is 16.0. The topological polar surface area (TPSA) is 45.1 Å². The summed E-state index contributed by atoms with van der Waals surface area (Å²) in [5.74, 6) is -0.285. The van der Waals surface area contributed by atoms with Crippen molar-refractivity contribution < 1.29 is 9.53 Å². The molecule has 0 saturated carbocycles. The maximum absolute atomic E-state index is 12.6. The lowest BCUT2D eigenvalue weighted by Gasteiger charge is -2.33. The van der Waals surface area contributed by atoms with Crippen molar-refractivity contribution in [3.05, 3.63) is 52.7 Å². The number of anilines is 1. The normalized spacial score (nSPS) is 21.9. The zero-order valence-electron chi connectivity index (χ0n) is 15.1. The molecule has 0 aromatic heterocycles. The van der Waals surface area contributed by atoms with Gasteiger partial charge in [-0.3, -0.25) is 0 Å². The van der Waals surface area contributed by atoms with Gasteiger partial charge in [-0.1, -0.05) is 23.9 Å². The van der Waals surface area contributed by atoms with Crippen LogP contribution in [-0.2, 0) is 9.53 Å². The molecule has 5 nitrogen and oxygen atoms in total. The predicted octanol–water partition coefficient (Wildman–Crippen LogP) is 4.05. The molecular weight excluding hydrogens is 346 g/mol. The molecule has 3 heterocycles. The second kappa shape index (κ2) is 7.19. The molecule has 6 heteroatoms. The molecule has 1 saturated heterocycles. The van der Waals surface area contributed by atoms with Gasteiger partial charge in [0, 0.05) is 25.0 Å². The van der Waals surface area contributed by atoms with Gasteiger partial charge in [0.15, 0.2) is 5.17 Å². The van der Waals surface area contributed by atoms with Gasteiger partial charge in [0.2, 0.25) is 0 Å². The Labute approximate surface area is 158 Å². The molecular formula is C20H23N3O2S. The van der Waals surface area contributed by atoms with Crippen molar-refractivity contribution in [2.45, 2.75) is 32.7 Å². The van der Waals surface area contributed by atoms with Gasteiger partial charge in [0.05, 0.1) is 23.9 Å². The van der Waals surface area contributed by atoms with Crippen LogP contribution in [-0.4, -0.2) is 35.7 Å². The maximum Gasteiger partial charge on any atom is 0.338 e. The Morgan fingerprint density at radius 1 is 1.27 bits per heavy atom. The zero-order chi connectivity index (χ0) is 18.1. The van der Waals surface area contributed by atoms with E-state index in [1.54, 1.807) is 11.8 Å². The number of carbonyl (C=O) groups excluding carboxylic acids is 1. The molecule has 26 heavy (non-hydrogen) atoms. The second-order valence-corrected chi connectivity index (χ2v) is 7.49. The molecule has 1 atom stereocenters. The SMILES string of the molecule is CCOC(=O)C1=C(C)N=C2SC=CN2[C@H]1c1ccc(N2CCCC2)cc1. The number of esters is 1. The number of fused-ring (bicyclic) bond motifs is 1. The predicted molar refractivity (Wildman–Crippen MR) is 106 cm³/mol. The van der Waals surface area contributed by atoms with E-state index in [4.69, 9.17) is 4.74 Å². The fourth-order valence-corrected chi connectivity index (χ4v) is 4.53. The molecule has 3 aliphatic rings. The molecule has 1 aromatic rings. The lowest BCUT2D eigenvalue weighted by Crippen LogP contribution is -2.34. The number of benzene rings is 1. The Kier molecular flexibility index (Phi) is 4.76. The molecule has 1 aromatic carbocycles. The third-order valence-corrected chi connectivity index (χ3v) is 5.77. The van der Waals surface area contributed by atoms with E-state index in [9.17, 15) is 4.79 Å². The van der Waals surface area contributed by atoms with E-state index in [0.717, 1.165) is 29.5 Å². The van der Waals surface area contributed by atoms with Crippen LogP contribution in [0.15, 0.2) is 52.1 Å². The van der Waals surface area contributed by atoms with Crippen LogP contribution >= 0.6 is 11.8 Å². The van der Waals surface area contributed by atoms with E-state index in [1.165, 1.54) is 18.5 Å². The number of aliphatic imine (C=N–C) groups is 1. The molecule has 0 spiro atoms. The van der Waals surface area contributed by atoms with E-state index in [1.807, 2.05) is 25.5 Å². The largest absolute Gasteiger partial charge is 0.463 e. The molecule has 0 aliphatic carbocycles. The van der Waals surface area contributed by atoms with Crippen molar-refractivity contribution in [3.63, 3.8) is 0 Å². The molecule has 136 valence electrons. The number of allylic oxidation sites excluding steroid dienone is 1. The van der Waals surface area contributed by atoms with Crippen LogP contribution in [0.25, 0.3) is 0 Å². The number of ether oxygens (including phenoxy) is 1. The quantitative estimate of drug-likeness (QED) is 0.749. The first-order chi connectivity index (χ1) is 12.7. The molecule has 0 bridgehead atoms. The lowest BCUT2D eigenvalue weighted by atomic mass is 9.94. The maximum atomic E-state index is 12.6. The van der Waals surface area contributed by atoms with Crippen molar-refractivity contribution in [3.8, 4) is 0 Å². The number of hydrogen-bond donors (Lipinski definition) is 0. The van der Waals surface area contributed by atoms with Gasteiger partial charge >= 0.3 is 5.97 Å². The Hall–Kier alpha value is -2.21. The summed E-state index contributed by atoms with van der Waals surface area (Å²) >= 11 is 1.58. The van der Waals surface area contributed by atoms with Crippen LogP contribution in [0.2, 0.25) is 0 Å². The monoisotopic (exact) mass is 369 g/mol. The molecule has 4 rings (SSSR count). The summed E-state index contributed by atoms with van der Waals surface area (Å²) in [4.78, 5) is 21.7. The Bertz CT molecular complexity index is 792. The van der Waals surface area contributed by atoms with E-state index in [-0.39, 0.29) is 12.0 Å². The first-order valence-electron chi connectivity index (χ1n) is 9.12. The first kappa shape index (κ1) is 17.2. The van der Waals surface area contributed by atoms with Crippen LogP contribution in [0.5, 0.6) is 0 Å². The number of rotatable bonds is 4. The van der Waals surface area contributed by atoms with Gasteiger partial charge in [0.25, 0.3) is 0 Å². The van der Waals surface area contributed by atoms with Crippen LogP contribution < -0.4 is 4.90 Å². The minimum absolute atomic E-state index is 0.194. The summed E-state index contributed by atoms with van der Waals surface area (Å²) in [5.41, 5.74) is 3.69. The van der Waals surface area contributed by atoms with Crippen LogP contribution in [0.4, 0.5) is 5.69 Å². The highest BCUT2D eigenvalue weighted by Crippen LogP contribution is 2.41. The lowest BCUT2D eigenvalue weighted by molar-refractivity contribution is -0.139. The minimum atomic E-state index is -0.285. The van der Waals surface area contributed by atoms with Crippen LogP contribution in [0.3, 0.4) is 0 Å². The van der Waals surface area contributed by atoms with E-state index >= 15 is 0 Å². The second-order valence-electron chi connectivity index (χ2n) is 6.61. The highest BCUT2D eigenvalue weighted by molar-refractivity contribution is 8.16. The molecule has 1 fully saturated rings. The highest BCUT2D eigenvalue weighted by Gasteiger charge is 2.37. The van der Waals surface area contributed by atoms with Crippen molar-refractivity contribution in [1.82, 2.24) is 4.90 Å². The summed E-state index contributed by atoms with van der Waals surface area (Å²) in [6, 6.07) is 8.39. The molecule has 0 N–H and O–H groups in total. The number of hydrogen-bond acceptors (Lipinski definition) is 6. The Morgan fingerprint density at radius 3 is 2.69 bits per heavy atom. The van der Waals surface area contributed by atoms with Gasteiger partial charge in [-0.2, -0.15) is 0 Å². The van der Waals surface area contributed by atoms with Gasteiger partial charge < -0.3 is 14.5 Å². The van der Waals surface area contributed by atoms with Gasteiger partial charge in [-0.25, -0.2) is 9.79 Å². The Morgan fingerprint density at radius 2 is 2.00 bits per heavy atom. The summed E-state index contributed by atoms with van der Waals surface area (Å²) in [6.45, 7) is 6.32. The number of carbonyl (C=O) groups is 1. The first-order valence-corrected chi connectivity index (χ1v) is 10.00. The third-order valence-electron chi connectivity index (χ3n) is 5.00. The molecule has 3 aliphatic heterocycles. The number of thioether (sulfide) groups is 1. The molecule has 0 unspecified atom stereocenters. The van der Waals surface area contributed by atoms with Crippen molar-refractivity contribution >= 4 is 28.6 Å². The summed E-state index contributed by atoms with van der Waals surface area (Å²) < 4.78 is 5.33. The van der Waals surface area contributed by atoms with E-state index < -0.39 is 0 Å². The fraction of sp³-hybridized carbons (Fsp3) is 0.400. The average Bonchev–Trinajstić information content (AvgIpc) is 3.32. The van der Waals surface area contributed by atoms with Crippen LogP contribution in [0.1, 0.15) is 38.3 Å². The molecule has 0 amide bonds. The van der Waals surface area contributed by atoms with Crippen molar-refractivity contribution in [2.24, 2.45) is 4.99 Å². The smallest absolute Gasteiger partial charge is 0.338 e. The summed E-state index contributed by atoms with van der Waals surface area (Å²) in [5, 5.41) is 2.91. The standard InChI is InChI=1S/C20H23N3O2S/c1-3-25-19(24)17-14(2)21-20-23(12-13-26-20)18(17)15-6-8-16(9-7-15)22-10-4-5-11-22/h6-9,12-13,18H,3-5,10-11H2,1-2H3/t18-/m0/s1. The number of amidine groups is 1. The minimum Gasteiger partial charge on any atom is -0.463 e. The highest BCUT2D eigenvalue weighted by atomic mass is 32.2. The van der Waals surface area contributed by atoms with Gasteiger partial charge in [-0.05, 0) is 49.8 Å². The van der Waals surface area contributed by atoms with Crippen molar-refractivity contribution in [2.75, 3.05) is 24.6 Å². The van der Waals surface area contributed by atoms with Gasteiger partial charge in [0.1, 0.15) is 0 Å². The Balaban J connectivity index is 1.70. The molecule has 0 radical (unpaired) electrons. The summed E-state index contributed by atoms with van der Waals surface area (Å²) in [7, 11) is 0. The third kappa shape index (κ3) is 3.03. The average molecular weight is 369 g/mol. The van der Waals surface area contributed by atoms with Crippen molar-refractivity contribution in [1.29, 1.82) is 0 Å².